The molecule has 0 spiro atoms. The Morgan fingerprint density at radius 3 is 2.39 bits per heavy atom. The number of anilines is 2. The Hall–Kier alpha value is -3.82. The number of phosphoric acid groups is 1. The SMILES string of the molecule is C=C/C(=C/CNC(=O)Nc1ncc(CCNc2ncnc3cc(-c4cccc(OP(=O)(OC(C)(C)C)OC(C)(C)C)c4)sc23)s1)C(F)(F)F. The summed E-state index contributed by atoms with van der Waals surface area (Å²) in [4.78, 5) is 26.9. The first kappa shape index (κ1) is 38.0. The molecule has 3 heterocycles. The zero-order chi connectivity index (χ0) is 36.0. The monoisotopic (exact) mass is 738 g/mol. The number of alkyl halides is 3. The molecule has 0 bridgehead atoms. The van der Waals surface area contributed by atoms with Crippen molar-refractivity contribution in [1.82, 2.24) is 20.3 Å². The summed E-state index contributed by atoms with van der Waals surface area (Å²) in [6.45, 7) is 14.0. The van der Waals surface area contributed by atoms with Gasteiger partial charge in [0.05, 0.1) is 27.0 Å². The minimum atomic E-state index is -4.54. The molecule has 2 amide bonds. The molecule has 0 saturated heterocycles. The lowest BCUT2D eigenvalue weighted by molar-refractivity contribution is -0.0883. The number of thiazole rings is 1. The highest BCUT2D eigenvalue weighted by Crippen LogP contribution is 2.55. The van der Waals surface area contributed by atoms with Crippen LogP contribution in [0.3, 0.4) is 0 Å². The molecule has 4 aromatic rings. The third-order valence-corrected chi connectivity index (χ3v) is 10.1. The predicted octanol–water partition coefficient (Wildman–Crippen LogP) is 9.38. The first-order valence-corrected chi connectivity index (χ1v) is 18.1. The fraction of sp³-hybridized carbons (Fsp3) is 0.375. The van der Waals surface area contributed by atoms with Gasteiger partial charge in [-0.25, -0.2) is 24.3 Å². The Morgan fingerprint density at radius 1 is 1.02 bits per heavy atom. The van der Waals surface area contributed by atoms with E-state index in [2.05, 4.69) is 37.5 Å². The molecule has 1 aromatic carbocycles. The van der Waals surface area contributed by atoms with Crippen LogP contribution < -0.4 is 20.5 Å². The van der Waals surface area contributed by atoms with Crippen LogP contribution in [0.5, 0.6) is 5.75 Å². The summed E-state index contributed by atoms with van der Waals surface area (Å²) in [5.74, 6) is 0.968. The number of urea groups is 1. The van der Waals surface area contributed by atoms with Crippen LogP contribution in [-0.2, 0) is 20.0 Å². The van der Waals surface area contributed by atoms with E-state index in [-0.39, 0.29) is 6.54 Å². The topological polar surface area (TPSA) is 137 Å². The number of allylic oxidation sites excluding steroid dienone is 2. The summed E-state index contributed by atoms with van der Waals surface area (Å²) >= 11 is 2.73. The molecule has 0 unspecified atom stereocenters. The smallest absolute Gasteiger partial charge is 0.404 e. The molecule has 0 saturated carbocycles. The lowest BCUT2D eigenvalue weighted by Gasteiger charge is -2.30. The van der Waals surface area contributed by atoms with E-state index in [1.54, 1.807) is 65.9 Å². The Labute approximate surface area is 290 Å². The van der Waals surface area contributed by atoms with Gasteiger partial charge in [-0.15, -0.1) is 22.7 Å². The quantitative estimate of drug-likeness (QED) is 0.0905. The van der Waals surface area contributed by atoms with E-state index in [9.17, 15) is 22.5 Å². The van der Waals surface area contributed by atoms with Crippen molar-refractivity contribution in [1.29, 1.82) is 0 Å². The third-order valence-electron chi connectivity index (χ3n) is 5.99. The van der Waals surface area contributed by atoms with Gasteiger partial charge in [-0.2, -0.15) is 13.2 Å². The molecular formula is C32H38F3N6O5PS2. The fourth-order valence-corrected chi connectivity index (χ4v) is 7.88. The van der Waals surface area contributed by atoms with E-state index in [0.717, 1.165) is 31.6 Å². The maximum absolute atomic E-state index is 13.6. The molecule has 0 aliphatic carbocycles. The number of hydrogen-bond acceptors (Lipinski definition) is 11. The molecule has 3 N–H and O–H groups in total. The maximum atomic E-state index is 13.6. The largest absolute Gasteiger partial charge is 0.531 e. The summed E-state index contributed by atoms with van der Waals surface area (Å²) in [5, 5.41) is 8.50. The molecule has 0 aliphatic rings. The Kier molecular flexibility index (Phi) is 11.9. The number of nitrogens with one attached hydrogen (secondary N) is 3. The summed E-state index contributed by atoms with van der Waals surface area (Å²) in [5.41, 5.74) is -0.933. The highest BCUT2D eigenvalue weighted by Gasteiger charge is 2.38. The van der Waals surface area contributed by atoms with E-state index in [1.807, 2.05) is 12.1 Å². The molecule has 0 fully saturated rings. The van der Waals surface area contributed by atoms with Gasteiger partial charge in [0.15, 0.2) is 5.13 Å². The van der Waals surface area contributed by atoms with Crippen molar-refractivity contribution in [3.63, 3.8) is 0 Å². The molecule has 11 nitrogen and oxygen atoms in total. The number of thiophene rings is 1. The van der Waals surface area contributed by atoms with E-state index < -0.39 is 36.8 Å². The minimum Gasteiger partial charge on any atom is -0.404 e. The number of carbonyl (C=O) groups excluding carboxylic acids is 1. The molecular weight excluding hydrogens is 700 g/mol. The van der Waals surface area contributed by atoms with E-state index in [4.69, 9.17) is 13.6 Å². The average molecular weight is 739 g/mol. The average Bonchev–Trinajstić information content (AvgIpc) is 3.60. The number of benzene rings is 1. The number of fused-ring (bicyclic) bond motifs is 1. The second-order valence-corrected chi connectivity index (χ2v) is 16.1. The van der Waals surface area contributed by atoms with Gasteiger partial charge < -0.3 is 15.2 Å². The summed E-state index contributed by atoms with van der Waals surface area (Å²) in [6, 6.07) is 8.42. The highest BCUT2D eigenvalue weighted by atomic mass is 32.1. The maximum Gasteiger partial charge on any atom is 0.531 e. The number of rotatable bonds is 13. The number of aromatic nitrogens is 3. The third kappa shape index (κ3) is 11.6. The van der Waals surface area contributed by atoms with Gasteiger partial charge in [0.2, 0.25) is 0 Å². The number of carbonyl (C=O) groups is 1. The predicted molar refractivity (Wildman–Crippen MR) is 188 cm³/mol. The van der Waals surface area contributed by atoms with Crippen LogP contribution in [0.25, 0.3) is 20.7 Å². The Balaban J connectivity index is 1.38. The number of nitrogens with zero attached hydrogens (tertiary/aromatic N) is 3. The van der Waals surface area contributed by atoms with Gasteiger partial charge in [-0.3, -0.25) is 14.4 Å². The van der Waals surface area contributed by atoms with Crippen molar-refractivity contribution in [2.24, 2.45) is 0 Å². The van der Waals surface area contributed by atoms with Crippen LogP contribution in [0.4, 0.5) is 28.9 Å². The van der Waals surface area contributed by atoms with Crippen molar-refractivity contribution in [2.45, 2.75) is 65.3 Å². The summed E-state index contributed by atoms with van der Waals surface area (Å²) < 4.78 is 70.2. The lowest BCUT2D eigenvalue weighted by atomic mass is 10.2. The van der Waals surface area contributed by atoms with Gasteiger partial charge in [0, 0.05) is 35.5 Å². The van der Waals surface area contributed by atoms with Gasteiger partial charge >= 0.3 is 20.0 Å². The first-order chi connectivity index (χ1) is 22.8. The van der Waals surface area contributed by atoms with Crippen LogP contribution in [0.1, 0.15) is 46.4 Å². The van der Waals surface area contributed by atoms with Crippen molar-refractivity contribution in [3.05, 3.63) is 72.0 Å². The molecule has 17 heteroatoms. The molecule has 0 aliphatic heterocycles. The van der Waals surface area contributed by atoms with E-state index in [0.29, 0.717) is 35.7 Å². The van der Waals surface area contributed by atoms with Crippen molar-refractivity contribution in [2.75, 3.05) is 23.7 Å². The zero-order valence-electron chi connectivity index (χ0n) is 27.8. The summed E-state index contributed by atoms with van der Waals surface area (Å²) in [6.07, 6.45) is 0.641. The molecule has 264 valence electrons. The van der Waals surface area contributed by atoms with Crippen molar-refractivity contribution in [3.8, 4) is 16.2 Å². The van der Waals surface area contributed by atoms with Crippen molar-refractivity contribution >= 4 is 57.7 Å². The standard InChI is InChI=1S/C32H38F3N6O5PS2/c1-8-21(32(33,34)35)12-14-37-28(42)41-29-38-18-23(48-29)13-15-36-27-26-24(39-19-40-27)17-25(49-26)20-10-9-11-22(16-20)44-47(43,45-30(2,3)4)46-31(5,6)7/h8-12,16-19H,1,13-15H2,2-7H3,(H,36,39,40)(H2,37,38,41,42)/b21-12-. The molecule has 3 aromatic heterocycles. The zero-order valence-corrected chi connectivity index (χ0v) is 30.3. The Morgan fingerprint density at radius 2 is 1.73 bits per heavy atom. The van der Waals surface area contributed by atoms with Crippen molar-refractivity contribution < 1.29 is 36.1 Å². The molecule has 49 heavy (non-hydrogen) atoms. The second kappa shape index (κ2) is 15.4. The summed E-state index contributed by atoms with van der Waals surface area (Å²) in [7, 11) is -3.99. The highest BCUT2D eigenvalue weighted by molar-refractivity contribution is 7.49. The molecule has 0 radical (unpaired) electrons. The first-order valence-electron chi connectivity index (χ1n) is 15.0. The normalized spacial score (nSPS) is 13.0. The van der Waals surface area contributed by atoms with Crippen LogP contribution in [0, 0.1) is 0 Å². The van der Waals surface area contributed by atoms with Gasteiger partial charge in [0.1, 0.15) is 17.9 Å². The Bertz CT molecular complexity index is 1840. The second-order valence-electron chi connectivity index (χ2n) is 12.5. The van der Waals surface area contributed by atoms with E-state index in [1.165, 1.54) is 29.0 Å². The van der Waals surface area contributed by atoms with Gasteiger partial charge in [-0.05, 0) is 65.3 Å². The fourth-order valence-electron chi connectivity index (χ4n) is 4.18. The van der Waals surface area contributed by atoms with Gasteiger partial charge in [0.25, 0.3) is 0 Å². The number of phosphoric ester groups is 1. The van der Waals surface area contributed by atoms with E-state index >= 15 is 0 Å². The minimum absolute atomic E-state index is 0.307. The van der Waals surface area contributed by atoms with Crippen LogP contribution in [0.15, 0.2) is 67.2 Å². The molecule has 4 rings (SSSR count). The van der Waals surface area contributed by atoms with Crippen LogP contribution in [0.2, 0.25) is 0 Å². The number of halogens is 3. The number of hydrogen-bond donors (Lipinski definition) is 3. The van der Waals surface area contributed by atoms with Crippen LogP contribution in [-0.4, -0.2) is 51.5 Å². The van der Waals surface area contributed by atoms with Crippen LogP contribution >= 0.6 is 30.5 Å². The van der Waals surface area contributed by atoms with Gasteiger partial charge in [-0.1, -0.05) is 30.9 Å². The number of amides is 2. The lowest BCUT2D eigenvalue weighted by Crippen LogP contribution is -2.29. The molecule has 0 atom stereocenters.